The van der Waals surface area contributed by atoms with Gasteiger partial charge >= 0.3 is 0 Å². The van der Waals surface area contributed by atoms with Crippen LogP contribution in [0.1, 0.15) is 66.2 Å². The number of hydrogen-bond acceptors (Lipinski definition) is 6. The van der Waals surface area contributed by atoms with Crippen molar-refractivity contribution < 1.29 is 0 Å². The Bertz CT molecular complexity index is 1290. The molecule has 1 fully saturated rings. The minimum Gasteiger partial charge on any atom is -0.369 e. The number of nitrogens with zero attached hydrogens (tertiary/aromatic N) is 4. The molecule has 0 unspecified atom stereocenters. The molecule has 1 saturated carbocycles. The molecule has 2 heterocycles. The van der Waals surface area contributed by atoms with Gasteiger partial charge in [0.15, 0.2) is 0 Å². The monoisotopic (exact) mass is 516 g/mol. The van der Waals surface area contributed by atoms with E-state index in [4.69, 9.17) is 4.98 Å². The molecular weight excluding hydrogens is 472 g/mol. The van der Waals surface area contributed by atoms with Gasteiger partial charge in [0.05, 0.1) is 17.6 Å². The molecule has 0 atom stereocenters. The summed E-state index contributed by atoms with van der Waals surface area (Å²) in [6, 6.07) is 7.77. The van der Waals surface area contributed by atoms with E-state index in [2.05, 4.69) is 65.2 Å². The number of nitrogens with one attached hydrogen (secondary N) is 2. The van der Waals surface area contributed by atoms with Crippen LogP contribution in [0.15, 0.2) is 35.4 Å². The minimum absolute atomic E-state index is 0.0124. The van der Waals surface area contributed by atoms with E-state index in [1.54, 1.807) is 0 Å². The van der Waals surface area contributed by atoms with Gasteiger partial charge in [-0.3, -0.25) is 14.8 Å². The highest BCUT2D eigenvalue weighted by Gasteiger charge is 2.28. The fourth-order valence-electron chi connectivity index (χ4n) is 5.86. The zero-order chi connectivity index (χ0) is 27.4. The Morgan fingerprint density at radius 1 is 0.947 bits per heavy atom. The van der Waals surface area contributed by atoms with E-state index in [1.807, 2.05) is 39.2 Å². The summed E-state index contributed by atoms with van der Waals surface area (Å²) in [6.07, 6.45) is 8.57. The maximum atomic E-state index is 12.5. The van der Waals surface area contributed by atoms with E-state index in [1.165, 1.54) is 42.5 Å². The molecule has 1 aliphatic rings. The van der Waals surface area contributed by atoms with Crippen molar-refractivity contribution in [2.24, 2.45) is 0 Å². The number of H-pyrrole nitrogens is 1. The summed E-state index contributed by atoms with van der Waals surface area (Å²) in [7, 11) is 4.40. The predicted octanol–water partition coefficient (Wildman–Crippen LogP) is 5.05. The summed E-state index contributed by atoms with van der Waals surface area (Å²) in [5.41, 5.74) is 9.36. The average molecular weight is 517 g/mol. The second kappa shape index (κ2) is 12.2. The molecular formula is C31H44N6O. The number of aryl methyl sites for hydroxylation is 3. The number of anilines is 1. The normalized spacial score (nSPS) is 17.7. The fourth-order valence-corrected chi connectivity index (χ4v) is 5.86. The highest BCUT2D eigenvalue weighted by molar-refractivity contribution is 5.70. The SMILES string of the molecule is CCN(c1cc(-c2cnc(C)cn2)cc(CNCc2c(C)cc(C)[nH]c2=O)c1C)C1CCC(N(C)C)CC1. The van der Waals surface area contributed by atoms with E-state index in [0.29, 0.717) is 25.2 Å². The van der Waals surface area contributed by atoms with Gasteiger partial charge in [-0.15, -0.1) is 0 Å². The first-order chi connectivity index (χ1) is 18.2. The first-order valence-corrected chi connectivity index (χ1v) is 13.9. The van der Waals surface area contributed by atoms with Crippen molar-refractivity contribution in [3.05, 3.63) is 74.6 Å². The van der Waals surface area contributed by atoms with Crippen molar-refractivity contribution >= 4 is 5.69 Å². The quantitative estimate of drug-likeness (QED) is 0.414. The van der Waals surface area contributed by atoms with Gasteiger partial charge < -0.3 is 20.1 Å². The molecule has 0 bridgehead atoms. The van der Waals surface area contributed by atoms with Crippen molar-refractivity contribution in [1.29, 1.82) is 0 Å². The molecule has 2 aromatic heterocycles. The number of aromatic nitrogens is 3. The van der Waals surface area contributed by atoms with Crippen LogP contribution in [-0.2, 0) is 13.1 Å². The lowest BCUT2D eigenvalue weighted by atomic mass is 9.88. The van der Waals surface area contributed by atoms with Gasteiger partial charge in [0, 0.05) is 60.4 Å². The minimum atomic E-state index is -0.0124. The van der Waals surface area contributed by atoms with Crippen molar-refractivity contribution in [3.8, 4) is 11.3 Å². The summed E-state index contributed by atoms with van der Waals surface area (Å²) in [6.45, 7) is 12.5. The third-order valence-electron chi connectivity index (χ3n) is 8.16. The second-order valence-corrected chi connectivity index (χ2v) is 11.1. The Hall–Kier alpha value is -3.03. The number of benzene rings is 1. The number of rotatable bonds is 9. The van der Waals surface area contributed by atoms with Crippen LogP contribution in [0.2, 0.25) is 0 Å². The van der Waals surface area contributed by atoms with Crippen LogP contribution in [0.3, 0.4) is 0 Å². The van der Waals surface area contributed by atoms with Crippen LogP contribution in [0, 0.1) is 27.7 Å². The van der Waals surface area contributed by atoms with Crippen LogP contribution >= 0.6 is 0 Å². The molecule has 4 rings (SSSR count). The Morgan fingerprint density at radius 3 is 2.26 bits per heavy atom. The summed E-state index contributed by atoms with van der Waals surface area (Å²) < 4.78 is 0. The number of hydrogen-bond donors (Lipinski definition) is 2. The summed E-state index contributed by atoms with van der Waals surface area (Å²) in [4.78, 5) is 29.7. The highest BCUT2D eigenvalue weighted by Crippen LogP contribution is 2.35. The van der Waals surface area contributed by atoms with Crippen molar-refractivity contribution in [2.75, 3.05) is 25.5 Å². The molecule has 0 spiro atoms. The van der Waals surface area contributed by atoms with Crippen LogP contribution in [0.4, 0.5) is 5.69 Å². The predicted molar refractivity (Wildman–Crippen MR) is 157 cm³/mol. The maximum Gasteiger partial charge on any atom is 0.252 e. The van der Waals surface area contributed by atoms with Gasteiger partial charge in [0.2, 0.25) is 0 Å². The molecule has 7 heteroatoms. The zero-order valence-corrected chi connectivity index (χ0v) is 24.2. The third-order valence-corrected chi connectivity index (χ3v) is 8.16. The standard InChI is InChI=1S/C31H44N6O/c1-8-37(27-11-9-26(10-12-27)36(6)7)30-15-24(29-19-33-22(4)16-34-29)14-25(23(30)5)17-32-18-28-20(2)13-21(3)35-31(28)38/h13-16,19,26-27,32H,8-12,17-18H2,1-7H3,(H,35,38). The lowest BCUT2D eigenvalue weighted by molar-refractivity contribution is 0.214. The van der Waals surface area contributed by atoms with Crippen LogP contribution in [0.5, 0.6) is 0 Å². The summed E-state index contributed by atoms with van der Waals surface area (Å²) >= 11 is 0. The lowest BCUT2D eigenvalue weighted by Crippen LogP contribution is -2.42. The first kappa shape index (κ1) is 28.0. The molecule has 0 saturated heterocycles. The van der Waals surface area contributed by atoms with Crippen molar-refractivity contribution in [1.82, 2.24) is 25.2 Å². The van der Waals surface area contributed by atoms with Crippen LogP contribution in [-0.4, -0.2) is 52.6 Å². The van der Waals surface area contributed by atoms with Gasteiger partial charge in [-0.25, -0.2) is 0 Å². The average Bonchev–Trinajstić information content (AvgIpc) is 2.88. The molecule has 1 aromatic carbocycles. The maximum absolute atomic E-state index is 12.5. The smallest absolute Gasteiger partial charge is 0.252 e. The van der Waals surface area contributed by atoms with Gasteiger partial charge in [0.1, 0.15) is 0 Å². The van der Waals surface area contributed by atoms with E-state index in [0.717, 1.165) is 40.3 Å². The molecule has 1 aliphatic carbocycles. The van der Waals surface area contributed by atoms with Crippen molar-refractivity contribution in [2.45, 2.75) is 85.5 Å². The molecule has 0 radical (unpaired) electrons. The zero-order valence-electron chi connectivity index (χ0n) is 24.2. The van der Waals surface area contributed by atoms with Gasteiger partial charge in [-0.2, -0.15) is 0 Å². The molecule has 7 nitrogen and oxygen atoms in total. The Balaban J connectivity index is 1.64. The second-order valence-electron chi connectivity index (χ2n) is 11.1. The van der Waals surface area contributed by atoms with Crippen molar-refractivity contribution in [3.63, 3.8) is 0 Å². The van der Waals surface area contributed by atoms with Gasteiger partial charge in [-0.05, 0) is 109 Å². The molecule has 2 N–H and O–H groups in total. The Morgan fingerprint density at radius 2 is 1.66 bits per heavy atom. The third kappa shape index (κ3) is 6.33. The lowest BCUT2D eigenvalue weighted by Gasteiger charge is -2.40. The fraction of sp³-hybridized carbons (Fsp3) is 0.516. The van der Waals surface area contributed by atoms with Gasteiger partial charge in [0.25, 0.3) is 5.56 Å². The van der Waals surface area contributed by atoms with Crippen LogP contribution in [0.25, 0.3) is 11.3 Å². The summed E-state index contributed by atoms with van der Waals surface area (Å²) in [5, 5.41) is 3.55. The summed E-state index contributed by atoms with van der Waals surface area (Å²) in [5.74, 6) is 0. The van der Waals surface area contributed by atoms with E-state index >= 15 is 0 Å². The number of pyridine rings is 1. The van der Waals surface area contributed by atoms with E-state index < -0.39 is 0 Å². The van der Waals surface area contributed by atoms with Crippen LogP contribution < -0.4 is 15.8 Å². The van der Waals surface area contributed by atoms with Gasteiger partial charge in [-0.1, -0.05) is 0 Å². The van der Waals surface area contributed by atoms with E-state index in [-0.39, 0.29) is 5.56 Å². The van der Waals surface area contributed by atoms with E-state index in [9.17, 15) is 4.79 Å². The molecule has 204 valence electrons. The molecule has 0 aliphatic heterocycles. The molecule has 3 aromatic rings. The molecule has 38 heavy (non-hydrogen) atoms. The largest absolute Gasteiger partial charge is 0.369 e. The Kier molecular flexibility index (Phi) is 9.00. The Labute approximate surface area is 227 Å². The molecule has 0 amide bonds. The first-order valence-electron chi connectivity index (χ1n) is 13.9. The number of aromatic amines is 1. The highest BCUT2D eigenvalue weighted by atomic mass is 16.1. The topological polar surface area (TPSA) is 77.1 Å².